The number of hydrogen-bond acceptors (Lipinski definition) is 2. The maximum Gasteiger partial charge on any atom is 0.187 e. The number of rotatable bonds is 2. The summed E-state index contributed by atoms with van der Waals surface area (Å²) in [7, 11) is 0. The second-order valence-corrected chi connectivity index (χ2v) is 3.15. The zero-order valence-electron chi connectivity index (χ0n) is 7.73. The van der Waals surface area contributed by atoms with Crippen molar-refractivity contribution < 1.29 is 4.74 Å². The van der Waals surface area contributed by atoms with Gasteiger partial charge in [0.15, 0.2) is 5.90 Å². The fraction of sp³-hybridized carbons (Fsp3) is 0.300. The van der Waals surface area contributed by atoms with Crippen LogP contribution in [0.3, 0.4) is 0 Å². The van der Waals surface area contributed by atoms with Crippen molar-refractivity contribution in [3.63, 3.8) is 0 Å². The smallest absolute Gasteiger partial charge is 0.187 e. The first-order chi connectivity index (χ1) is 6.15. The van der Waals surface area contributed by atoms with Gasteiger partial charge in [0, 0.05) is 17.0 Å². The van der Waals surface area contributed by atoms with Crippen molar-refractivity contribution in [2.45, 2.75) is 20.3 Å². The van der Waals surface area contributed by atoms with Gasteiger partial charge in [-0.05, 0) is 19.1 Å². The second kappa shape index (κ2) is 4.28. The molecule has 0 radical (unpaired) electrons. The highest BCUT2D eigenvalue weighted by atomic mass is 35.5. The summed E-state index contributed by atoms with van der Waals surface area (Å²) in [5.74, 6) is 0.921. The van der Waals surface area contributed by atoms with E-state index in [4.69, 9.17) is 21.7 Å². The molecular weight excluding hydrogens is 186 g/mol. The SMILES string of the molecule is CCC(=N)Oc1cccc(Cl)c1C. The van der Waals surface area contributed by atoms with Gasteiger partial charge in [-0.25, -0.2) is 0 Å². The van der Waals surface area contributed by atoms with Crippen LogP contribution >= 0.6 is 11.6 Å². The Morgan fingerprint density at radius 1 is 1.54 bits per heavy atom. The number of hydrogen-bond donors (Lipinski definition) is 1. The Kier molecular flexibility index (Phi) is 3.32. The van der Waals surface area contributed by atoms with Crippen LogP contribution in [0, 0.1) is 12.3 Å². The van der Waals surface area contributed by atoms with Gasteiger partial charge >= 0.3 is 0 Å². The average Bonchev–Trinajstić information content (AvgIpc) is 2.13. The van der Waals surface area contributed by atoms with Crippen LogP contribution in [-0.4, -0.2) is 5.90 Å². The highest BCUT2D eigenvalue weighted by molar-refractivity contribution is 6.31. The molecular formula is C10H12ClNO. The summed E-state index contributed by atoms with van der Waals surface area (Å²) in [6.45, 7) is 3.75. The molecule has 0 bridgehead atoms. The first-order valence-corrected chi connectivity index (χ1v) is 4.53. The van der Waals surface area contributed by atoms with Crippen LogP contribution in [0.2, 0.25) is 5.02 Å². The Labute approximate surface area is 83.0 Å². The van der Waals surface area contributed by atoms with Crippen molar-refractivity contribution in [1.82, 2.24) is 0 Å². The Morgan fingerprint density at radius 2 is 2.23 bits per heavy atom. The number of ether oxygens (including phenoxy) is 1. The molecule has 13 heavy (non-hydrogen) atoms. The number of halogens is 1. The predicted octanol–water partition coefficient (Wildman–Crippen LogP) is 3.41. The van der Waals surface area contributed by atoms with Gasteiger partial charge in [0.25, 0.3) is 0 Å². The molecule has 0 aromatic heterocycles. The fourth-order valence-corrected chi connectivity index (χ4v) is 1.07. The molecule has 0 spiro atoms. The molecule has 0 atom stereocenters. The zero-order chi connectivity index (χ0) is 9.84. The first kappa shape index (κ1) is 10.1. The van der Waals surface area contributed by atoms with Gasteiger partial charge in [0.05, 0.1) is 0 Å². The molecule has 0 aliphatic carbocycles. The molecule has 0 amide bonds. The highest BCUT2D eigenvalue weighted by Crippen LogP contribution is 2.25. The summed E-state index contributed by atoms with van der Waals surface area (Å²) in [6, 6.07) is 5.43. The van der Waals surface area contributed by atoms with Gasteiger partial charge in [-0.15, -0.1) is 0 Å². The zero-order valence-corrected chi connectivity index (χ0v) is 8.48. The van der Waals surface area contributed by atoms with Gasteiger partial charge in [0.2, 0.25) is 0 Å². The molecule has 0 aliphatic heterocycles. The van der Waals surface area contributed by atoms with E-state index in [9.17, 15) is 0 Å². The quantitative estimate of drug-likeness (QED) is 0.572. The standard InChI is InChI=1S/C10H12ClNO/c1-3-10(12)13-9-6-4-5-8(11)7(9)2/h4-6,12H,3H2,1-2H3. The van der Waals surface area contributed by atoms with Crippen LogP contribution in [0.5, 0.6) is 5.75 Å². The average molecular weight is 198 g/mol. The van der Waals surface area contributed by atoms with Gasteiger partial charge < -0.3 is 4.74 Å². The lowest BCUT2D eigenvalue weighted by atomic mass is 10.2. The van der Waals surface area contributed by atoms with E-state index in [1.165, 1.54) is 0 Å². The Morgan fingerprint density at radius 3 is 2.85 bits per heavy atom. The van der Waals surface area contributed by atoms with E-state index in [0.717, 1.165) is 5.56 Å². The van der Waals surface area contributed by atoms with Crippen LogP contribution in [0.1, 0.15) is 18.9 Å². The largest absolute Gasteiger partial charge is 0.443 e. The molecule has 1 rings (SSSR count). The third-order valence-corrected chi connectivity index (χ3v) is 2.18. The van der Waals surface area contributed by atoms with Gasteiger partial charge in [-0.3, -0.25) is 5.41 Å². The summed E-state index contributed by atoms with van der Waals surface area (Å²) in [6.07, 6.45) is 0.589. The normalized spacial score (nSPS) is 9.77. The monoisotopic (exact) mass is 197 g/mol. The molecule has 70 valence electrons. The van der Waals surface area contributed by atoms with Crippen LogP contribution in [0.4, 0.5) is 0 Å². The van der Waals surface area contributed by atoms with Crippen molar-refractivity contribution in [1.29, 1.82) is 5.41 Å². The van der Waals surface area contributed by atoms with Crippen molar-refractivity contribution >= 4 is 17.5 Å². The van der Waals surface area contributed by atoms with E-state index in [1.54, 1.807) is 6.07 Å². The van der Waals surface area contributed by atoms with Crippen molar-refractivity contribution in [3.8, 4) is 5.75 Å². The van der Waals surface area contributed by atoms with E-state index in [2.05, 4.69) is 0 Å². The summed E-state index contributed by atoms with van der Waals surface area (Å²) in [4.78, 5) is 0. The Hall–Kier alpha value is -1.02. The van der Waals surface area contributed by atoms with E-state index in [1.807, 2.05) is 26.0 Å². The lowest BCUT2D eigenvalue weighted by Gasteiger charge is -2.08. The molecule has 3 heteroatoms. The summed E-state index contributed by atoms with van der Waals surface area (Å²) >= 11 is 5.89. The first-order valence-electron chi connectivity index (χ1n) is 4.15. The van der Waals surface area contributed by atoms with E-state index >= 15 is 0 Å². The minimum atomic E-state index is 0.255. The predicted molar refractivity (Wildman–Crippen MR) is 54.8 cm³/mol. The third kappa shape index (κ3) is 2.46. The minimum Gasteiger partial charge on any atom is -0.443 e. The second-order valence-electron chi connectivity index (χ2n) is 2.74. The molecule has 0 saturated heterocycles. The highest BCUT2D eigenvalue weighted by Gasteiger charge is 2.04. The molecule has 2 nitrogen and oxygen atoms in total. The van der Waals surface area contributed by atoms with Crippen LogP contribution in [-0.2, 0) is 0 Å². The minimum absolute atomic E-state index is 0.255. The maximum atomic E-state index is 7.38. The fourth-order valence-electron chi connectivity index (χ4n) is 0.903. The van der Waals surface area contributed by atoms with Gasteiger partial charge in [0.1, 0.15) is 5.75 Å². The summed E-state index contributed by atoms with van der Waals surface area (Å²) in [5.41, 5.74) is 0.877. The molecule has 0 heterocycles. The summed E-state index contributed by atoms with van der Waals surface area (Å²) < 4.78 is 5.27. The molecule has 1 aromatic rings. The third-order valence-electron chi connectivity index (χ3n) is 1.77. The van der Waals surface area contributed by atoms with Crippen molar-refractivity contribution in [3.05, 3.63) is 28.8 Å². The lowest BCUT2D eigenvalue weighted by Crippen LogP contribution is -2.05. The number of benzene rings is 1. The van der Waals surface area contributed by atoms with Gasteiger partial charge in [-0.2, -0.15) is 0 Å². The van der Waals surface area contributed by atoms with Crippen molar-refractivity contribution in [2.75, 3.05) is 0 Å². The maximum absolute atomic E-state index is 7.38. The molecule has 0 unspecified atom stereocenters. The molecule has 0 fully saturated rings. The van der Waals surface area contributed by atoms with E-state index < -0.39 is 0 Å². The molecule has 0 saturated carbocycles. The van der Waals surface area contributed by atoms with Crippen LogP contribution < -0.4 is 4.74 Å². The molecule has 0 aliphatic rings. The van der Waals surface area contributed by atoms with Crippen LogP contribution in [0.25, 0.3) is 0 Å². The van der Waals surface area contributed by atoms with Crippen molar-refractivity contribution in [2.24, 2.45) is 0 Å². The topological polar surface area (TPSA) is 33.1 Å². The van der Waals surface area contributed by atoms with E-state index in [0.29, 0.717) is 17.2 Å². The van der Waals surface area contributed by atoms with Crippen LogP contribution in [0.15, 0.2) is 18.2 Å². The number of nitrogens with one attached hydrogen (secondary N) is 1. The van der Waals surface area contributed by atoms with E-state index in [-0.39, 0.29) is 5.90 Å². The van der Waals surface area contributed by atoms with Gasteiger partial charge in [-0.1, -0.05) is 24.6 Å². The molecule has 1 aromatic carbocycles. The Bertz CT molecular complexity index is 323. The Balaban J connectivity index is 2.89. The summed E-state index contributed by atoms with van der Waals surface area (Å²) in [5, 5.41) is 8.04. The lowest BCUT2D eigenvalue weighted by molar-refractivity contribution is 0.526. The molecule has 1 N–H and O–H groups in total.